The molecule has 1 saturated heterocycles. The van der Waals surface area contributed by atoms with Crippen LogP contribution in [0.15, 0.2) is 28.8 Å². The maximum Gasteiger partial charge on any atom is 0.276 e. The van der Waals surface area contributed by atoms with E-state index < -0.39 is 0 Å². The van der Waals surface area contributed by atoms with E-state index in [-0.39, 0.29) is 5.91 Å². The minimum Gasteiger partial charge on any atom is -0.488 e. The highest BCUT2D eigenvalue weighted by molar-refractivity contribution is 5.95. The average Bonchev–Trinajstić information content (AvgIpc) is 2.98. The number of carbonyl (C=O) groups excluding carboxylic acids is 1. The molecule has 1 atom stereocenters. The van der Waals surface area contributed by atoms with Crippen molar-refractivity contribution >= 4 is 5.91 Å². The Morgan fingerprint density at radius 1 is 1.36 bits per heavy atom. The molecule has 4 rings (SSSR count). The summed E-state index contributed by atoms with van der Waals surface area (Å²) in [5.74, 6) is 1.93. The number of carbonyl (C=O) groups is 1. The first kappa shape index (κ1) is 13.4. The van der Waals surface area contributed by atoms with Gasteiger partial charge in [-0.05, 0) is 30.9 Å². The zero-order valence-electron chi connectivity index (χ0n) is 12.5. The largest absolute Gasteiger partial charge is 0.488 e. The molecule has 114 valence electrons. The Kier molecular flexibility index (Phi) is 3.13. The van der Waals surface area contributed by atoms with Gasteiger partial charge in [0, 0.05) is 13.1 Å². The molecule has 5 heteroatoms. The Hall–Kier alpha value is -2.30. The van der Waals surface area contributed by atoms with Gasteiger partial charge < -0.3 is 14.2 Å². The highest BCUT2D eigenvalue weighted by Gasteiger charge is 2.32. The molecule has 0 bridgehead atoms. The third kappa shape index (κ3) is 2.08. The molecule has 1 aromatic carbocycles. The van der Waals surface area contributed by atoms with E-state index in [1.807, 2.05) is 29.2 Å². The molecule has 1 aromatic heterocycles. The van der Waals surface area contributed by atoms with E-state index in [0.29, 0.717) is 24.0 Å². The second-order valence-corrected chi connectivity index (χ2v) is 6.12. The van der Waals surface area contributed by atoms with Crippen LogP contribution in [0.25, 0.3) is 11.3 Å². The lowest BCUT2D eigenvalue weighted by atomic mass is 9.99. The van der Waals surface area contributed by atoms with Crippen LogP contribution in [0, 0.1) is 5.92 Å². The van der Waals surface area contributed by atoms with Crippen LogP contribution in [0.2, 0.25) is 0 Å². The van der Waals surface area contributed by atoms with Crippen molar-refractivity contribution in [2.45, 2.75) is 26.4 Å². The quantitative estimate of drug-likeness (QED) is 0.811. The molecule has 2 aliphatic heterocycles. The number of piperidine rings is 1. The summed E-state index contributed by atoms with van der Waals surface area (Å²) in [4.78, 5) is 14.6. The van der Waals surface area contributed by atoms with Gasteiger partial charge >= 0.3 is 0 Å². The van der Waals surface area contributed by atoms with Gasteiger partial charge in [-0.1, -0.05) is 24.2 Å². The van der Waals surface area contributed by atoms with E-state index in [1.54, 1.807) is 0 Å². The number of aromatic nitrogens is 1. The van der Waals surface area contributed by atoms with E-state index in [1.165, 1.54) is 6.42 Å². The predicted molar refractivity (Wildman–Crippen MR) is 80.6 cm³/mol. The van der Waals surface area contributed by atoms with Gasteiger partial charge in [0.1, 0.15) is 12.4 Å². The lowest BCUT2D eigenvalue weighted by molar-refractivity contribution is 0.0670. The first-order valence-electron chi connectivity index (χ1n) is 7.74. The molecular weight excluding hydrogens is 280 g/mol. The normalized spacial score (nSPS) is 20.0. The molecule has 3 heterocycles. The van der Waals surface area contributed by atoms with Crippen molar-refractivity contribution in [3.05, 3.63) is 35.5 Å². The molecule has 1 amide bonds. The molecule has 0 spiro atoms. The minimum atomic E-state index is -0.0421. The number of amides is 1. The van der Waals surface area contributed by atoms with Gasteiger partial charge in [-0.15, -0.1) is 0 Å². The van der Waals surface area contributed by atoms with Crippen molar-refractivity contribution in [2.75, 3.05) is 13.1 Å². The molecule has 0 saturated carbocycles. The van der Waals surface area contributed by atoms with Crippen molar-refractivity contribution in [3.8, 4) is 17.1 Å². The third-order valence-corrected chi connectivity index (χ3v) is 4.44. The Balaban J connectivity index is 1.68. The second-order valence-electron chi connectivity index (χ2n) is 6.12. The highest BCUT2D eigenvalue weighted by atomic mass is 16.5. The zero-order chi connectivity index (χ0) is 15.1. The fraction of sp³-hybridized carbons (Fsp3) is 0.412. The maximum absolute atomic E-state index is 12.7. The first-order chi connectivity index (χ1) is 10.7. The predicted octanol–water partition coefficient (Wildman–Crippen LogP) is 3.11. The van der Waals surface area contributed by atoms with Gasteiger partial charge in [0.2, 0.25) is 0 Å². The second kappa shape index (κ2) is 5.16. The van der Waals surface area contributed by atoms with Crippen LogP contribution in [-0.4, -0.2) is 29.1 Å². The van der Waals surface area contributed by atoms with E-state index in [9.17, 15) is 4.79 Å². The number of hydrogen-bond acceptors (Lipinski definition) is 4. The summed E-state index contributed by atoms with van der Waals surface area (Å²) < 4.78 is 11.2. The molecule has 0 radical (unpaired) electrons. The number of para-hydroxylation sites is 1. The first-order valence-corrected chi connectivity index (χ1v) is 7.74. The highest BCUT2D eigenvalue weighted by Crippen LogP contribution is 2.38. The van der Waals surface area contributed by atoms with E-state index in [4.69, 9.17) is 9.26 Å². The molecule has 2 aromatic rings. The monoisotopic (exact) mass is 298 g/mol. The van der Waals surface area contributed by atoms with Crippen LogP contribution < -0.4 is 4.74 Å². The van der Waals surface area contributed by atoms with Gasteiger partial charge in [-0.25, -0.2) is 0 Å². The van der Waals surface area contributed by atoms with E-state index in [2.05, 4.69) is 12.1 Å². The van der Waals surface area contributed by atoms with Crippen molar-refractivity contribution < 1.29 is 14.1 Å². The van der Waals surface area contributed by atoms with Crippen LogP contribution in [0.5, 0.6) is 5.75 Å². The SMILES string of the molecule is CC1CCCN(C(=O)c2noc3c2COc2ccccc2-3)C1. The minimum absolute atomic E-state index is 0.0421. The van der Waals surface area contributed by atoms with Crippen LogP contribution in [0.1, 0.15) is 35.8 Å². The number of fused-ring (bicyclic) bond motifs is 3. The molecule has 5 nitrogen and oxygen atoms in total. The number of benzene rings is 1. The molecule has 0 N–H and O–H groups in total. The standard InChI is InChI=1S/C17H18N2O3/c1-11-5-4-8-19(9-11)17(20)15-13-10-21-14-7-3-2-6-12(14)16(13)22-18-15/h2-3,6-7,11H,4-5,8-10H2,1H3. The van der Waals surface area contributed by atoms with E-state index >= 15 is 0 Å². The van der Waals surface area contributed by atoms with Gasteiger partial charge in [-0.3, -0.25) is 4.79 Å². The van der Waals surface area contributed by atoms with E-state index in [0.717, 1.165) is 36.4 Å². The fourth-order valence-electron chi connectivity index (χ4n) is 3.28. The van der Waals surface area contributed by atoms with Crippen molar-refractivity contribution in [1.82, 2.24) is 10.1 Å². The van der Waals surface area contributed by atoms with Gasteiger partial charge in [0.05, 0.1) is 11.1 Å². The summed E-state index contributed by atoms with van der Waals surface area (Å²) in [6.07, 6.45) is 2.23. The Morgan fingerprint density at radius 3 is 3.09 bits per heavy atom. The molecule has 2 aliphatic rings. The Morgan fingerprint density at radius 2 is 2.23 bits per heavy atom. The summed E-state index contributed by atoms with van der Waals surface area (Å²) >= 11 is 0. The lowest BCUT2D eigenvalue weighted by Crippen LogP contribution is -2.39. The van der Waals surface area contributed by atoms with Gasteiger partial charge in [0.15, 0.2) is 11.5 Å². The number of rotatable bonds is 1. The van der Waals surface area contributed by atoms with Crippen molar-refractivity contribution in [3.63, 3.8) is 0 Å². The van der Waals surface area contributed by atoms with Crippen molar-refractivity contribution in [2.24, 2.45) is 5.92 Å². The maximum atomic E-state index is 12.7. The van der Waals surface area contributed by atoms with Crippen molar-refractivity contribution in [1.29, 1.82) is 0 Å². The number of nitrogens with zero attached hydrogens (tertiary/aromatic N) is 2. The van der Waals surface area contributed by atoms with Gasteiger partial charge in [-0.2, -0.15) is 0 Å². The van der Waals surface area contributed by atoms with Crippen LogP contribution in [0.3, 0.4) is 0 Å². The summed E-state index contributed by atoms with van der Waals surface area (Å²) in [6.45, 7) is 4.09. The summed E-state index contributed by atoms with van der Waals surface area (Å²) in [5, 5.41) is 4.05. The Bertz CT molecular complexity index is 722. The van der Waals surface area contributed by atoms with Crippen LogP contribution in [0.4, 0.5) is 0 Å². The third-order valence-electron chi connectivity index (χ3n) is 4.44. The summed E-state index contributed by atoms with van der Waals surface area (Å²) in [6, 6.07) is 7.67. The van der Waals surface area contributed by atoms with Crippen LogP contribution >= 0.6 is 0 Å². The number of hydrogen-bond donors (Lipinski definition) is 0. The number of likely N-dealkylation sites (tertiary alicyclic amines) is 1. The zero-order valence-corrected chi connectivity index (χ0v) is 12.5. The van der Waals surface area contributed by atoms with Gasteiger partial charge in [0.25, 0.3) is 5.91 Å². The average molecular weight is 298 g/mol. The molecule has 1 unspecified atom stereocenters. The Labute approximate surface area is 128 Å². The summed E-state index contributed by atoms with van der Waals surface area (Å²) in [7, 11) is 0. The van der Waals surface area contributed by atoms with Crippen LogP contribution in [-0.2, 0) is 6.61 Å². The molecule has 0 aliphatic carbocycles. The molecule has 22 heavy (non-hydrogen) atoms. The lowest BCUT2D eigenvalue weighted by Gasteiger charge is -2.30. The smallest absolute Gasteiger partial charge is 0.276 e. The summed E-state index contributed by atoms with van der Waals surface area (Å²) in [5.41, 5.74) is 2.03. The molecule has 1 fully saturated rings. The fourth-order valence-corrected chi connectivity index (χ4v) is 3.28. The number of ether oxygens (including phenoxy) is 1. The molecular formula is C17H18N2O3. The topological polar surface area (TPSA) is 55.6 Å².